The van der Waals surface area contributed by atoms with E-state index in [1.54, 1.807) is 0 Å². The van der Waals surface area contributed by atoms with Crippen LogP contribution in [0.1, 0.15) is 5.56 Å². The van der Waals surface area contributed by atoms with E-state index in [-0.39, 0.29) is 6.61 Å². The average molecular weight is 303 g/mol. The van der Waals surface area contributed by atoms with E-state index in [1.165, 1.54) is 0 Å². The standard InChI is InChI=1S/C15H11BrO2/c16-13-6-8-14(9-7-13)18-15-5-1-3-12(11-15)4-2-10-17/h1,3,5-9,11,17H,10H2. The summed E-state index contributed by atoms with van der Waals surface area (Å²) in [5.41, 5.74) is 0.818. The van der Waals surface area contributed by atoms with Gasteiger partial charge in [-0.3, -0.25) is 0 Å². The Morgan fingerprint density at radius 3 is 2.56 bits per heavy atom. The van der Waals surface area contributed by atoms with Gasteiger partial charge in [-0.2, -0.15) is 0 Å². The third-order valence-corrected chi connectivity index (χ3v) is 2.72. The van der Waals surface area contributed by atoms with Gasteiger partial charge in [0, 0.05) is 10.0 Å². The van der Waals surface area contributed by atoms with Crippen LogP contribution in [0.2, 0.25) is 0 Å². The van der Waals surface area contributed by atoms with Gasteiger partial charge in [0.25, 0.3) is 0 Å². The molecule has 0 aliphatic heterocycles. The molecule has 0 bridgehead atoms. The van der Waals surface area contributed by atoms with Crippen molar-refractivity contribution in [2.24, 2.45) is 0 Å². The molecule has 0 unspecified atom stereocenters. The second kappa shape index (κ2) is 6.25. The van der Waals surface area contributed by atoms with Crippen LogP contribution in [0.3, 0.4) is 0 Å². The van der Waals surface area contributed by atoms with Crippen LogP contribution in [-0.2, 0) is 0 Å². The summed E-state index contributed by atoms with van der Waals surface area (Å²) < 4.78 is 6.71. The summed E-state index contributed by atoms with van der Waals surface area (Å²) in [6.07, 6.45) is 0. The Kier molecular flexibility index (Phi) is 4.40. The molecule has 0 atom stereocenters. The largest absolute Gasteiger partial charge is 0.457 e. The highest BCUT2D eigenvalue weighted by Gasteiger charge is 1.97. The van der Waals surface area contributed by atoms with E-state index in [1.807, 2.05) is 48.5 Å². The zero-order chi connectivity index (χ0) is 12.8. The van der Waals surface area contributed by atoms with Crippen LogP contribution in [0.5, 0.6) is 11.5 Å². The highest BCUT2D eigenvalue weighted by Crippen LogP contribution is 2.23. The van der Waals surface area contributed by atoms with E-state index in [4.69, 9.17) is 9.84 Å². The average Bonchev–Trinajstić information content (AvgIpc) is 2.40. The van der Waals surface area contributed by atoms with Crippen LogP contribution >= 0.6 is 15.9 Å². The molecule has 0 radical (unpaired) electrons. The van der Waals surface area contributed by atoms with Crippen molar-refractivity contribution in [3.63, 3.8) is 0 Å². The lowest BCUT2D eigenvalue weighted by Crippen LogP contribution is -1.85. The summed E-state index contributed by atoms with van der Waals surface area (Å²) >= 11 is 3.37. The SMILES string of the molecule is OCC#Cc1cccc(Oc2ccc(Br)cc2)c1. The first-order valence-corrected chi connectivity index (χ1v) is 6.20. The molecule has 0 heterocycles. The van der Waals surface area contributed by atoms with Crippen LogP contribution in [0.25, 0.3) is 0 Å². The molecule has 2 nitrogen and oxygen atoms in total. The molecule has 0 amide bonds. The predicted molar refractivity (Wildman–Crippen MR) is 74.6 cm³/mol. The molecule has 0 aromatic heterocycles. The number of aliphatic hydroxyl groups excluding tert-OH is 1. The van der Waals surface area contributed by atoms with Crippen molar-refractivity contribution in [2.45, 2.75) is 0 Å². The second-order valence-electron chi connectivity index (χ2n) is 3.54. The summed E-state index contributed by atoms with van der Waals surface area (Å²) in [6, 6.07) is 15.1. The molecule has 3 heteroatoms. The fourth-order valence-electron chi connectivity index (χ4n) is 1.42. The van der Waals surface area contributed by atoms with Gasteiger partial charge < -0.3 is 9.84 Å². The summed E-state index contributed by atoms with van der Waals surface area (Å²) in [7, 11) is 0. The Balaban J connectivity index is 2.16. The molecule has 2 rings (SSSR count). The van der Waals surface area contributed by atoms with Crippen molar-refractivity contribution in [2.75, 3.05) is 6.61 Å². The Morgan fingerprint density at radius 2 is 1.83 bits per heavy atom. The van der Waals surface area contributed by atoms with Crippen molar-refractivity contribution in [1.29, 1.82) is 0 Å². The van der Waals surface area contributed by atoms with Gasteiger partial charge >= 0.3 is 0 Å². The van der Waals surface area contributed by atoms with Crippen molar-refractivity contribution >= 4 is 15.9 Å². The molecular weight excluding hydrogens is 292 g/mol. The van der Waals surface area contributed by atoms with Gasteiger partial charge in [0.05, 0.1) is 0 Å². The second-order valence-corrected chi connectivity index (χ2v) is 4.46. The minimum absolute atomic E-state index is 0.141. The fraction of sp³-hybridized carbons (Fsp3) is 0.0667. The number of hydrogen-bond acceptors (Lipinski definition) is 2. The fourth-order valence-corrected chi connectivity index (χ4v) is 1.68. The smallest absolute Gasteiger partial charge is 0.128 e. The summed E-state index contributed by atoms with van der Waals surface area (Å²) in [6.45, 7) is -0.141. The number of benzene rings is 2. The minimum Gasteiger partial charge on any atom is -0.457 e. The normalized spacial score (nSPS) is 9.44. The molecule has 0 saturated heterocycles. The van der Waals surface area contributed by atoms with Gasteiger partial charge in [-0.15, -0.1) is 0 Å². The van der Waals surface area contributed by atoms with Gasteiger partial charge in [0.15, 0.2) is 0 Å². The summed E-state index contributed by atoms with van der Waals surface area (Å²) in [4.78, 5) is 0. The molecule has 0 fully saturated rings. The minimum atomic E-state index is -0.141. The van der Waals surface area contributed by atoms with Crippen LogP contribution < -0.4 is 4.74 Å². The Bertz CT molecular complexity index is 579. The quantitative estimate of drug-likeness (QED) is 0.859. The molecule has 90 valence electrons. The first-order valence-electron chi connectivity index (χ1n) is 5.41. The number of aliphatic hydroxyl groups is 1. The third kappa shape index (κ3) is 3.63. The lowest BCUT2D eigenvalue weighted by Gasteiger charge is -2.05. The Labute approximate surface area is 114 Å². The van der Waals surface area contributed by atoms with Crippen LogP contribution in [0.15, 0.2) is 53.0 Å². The van der Waals surface area contributed by atoms with Gasteiger partial charge in [-0.25, -0.2) is 0 Å². The van der Waals surface area contributed by atoms with E-state index < -0.39 is 0 Å². The maximum absolute atomic E-state index is 8.65. The maximum Gasteiger partial charge on any atom is 0.128 e. The van der Waals surface area contributed by atoms with E-state index >= 15 is 0 Å². The third-order valence-electron chi connectivity index (χ3n) is 2.20. The molecule has 0 aliphatic rings. The molecule has 0 saturated carbocycles. The Morgan fingerprint density at radius 1 is 1.06 bits per heavy atom. The van der Waals surface area contributed by atoms with Crippen LogP contribution in [0, 0.1) is 11.8 Å². The Hall–Kier alpha value is -1.76. The van der Waals surface area contributed by atoms with Gasteiger partial charge in [0.2, 0.25) is 0 Å². The van der Waals surface area contributed by atoms with Gasteiger partial charge in [-0.1, -0.05) is 33.8 Å². The number of ether oxygens (including phenoxy) is 1. The highest BCUT2D eigenvalue weighted by atomic mass is 79.9. The van der Waals surface area contributed by atoms with Crippen LogP contribution in [-0.4, -0.2) is 11.7 Å². The molecule has 0 spiro atoms. The highest BCUT2D eigenvalue weighted by molar-refractivity contribution is 9.10. The first kappa shape index (κ1) is 12.7. The molecule has 0 aliphatic carbocycles. The predicted octanol–water partition coefficient (Wildman–Crippen LogP) is 3.59. The van der Waals surface area contributed by atoms with Gasteiger partial charge in [0.1, 0.15) is 18.1 Å². The van der Waals surface area contributed by atoms with Crippen molar-refractivity contribution in [3.8, 4) is 23.3 Å². The first-order chi connectivity index (χ1) is 8.78. The molecule has 2 aromatic carbocycles. The lowest BCUT2D eigenvalue weighted by atomic mass is 10.2. The van der Waals surface area contributed by atoms with Crippen LogP contribution in [0.4, 0.5) is 0 Å². The number of halogens is 1. The molecule has 1 N–H and O–H groups in total. The number of rotatable bonds is 2. The topological polar surface area (TPSA) is 29.5 Å². The molecular formula is C15H11BrO2. The summed E-state index contributed by atoms with van der Waals surface area (Å²) in [5.74, 6) is 6.94. The molecule has 2 aromatic rings. The van der Waals surface area contributed by atoms with E-state index in [9.17, 15) is 0 Å². The van der Waals surface area contributed by atoms with E-state index in [0.29, 0.717) is 0 Å². The van der Waals surface area contributed by atoms with Crippen molar-refractivity contribution in [3.05, 3.63) is 58.6 Å². The van der Waals surface area contributed by atoms with E-state index in [0.717, 1.165) is 21.5 Å². The van der Waals surface area contributed by atoms with Crippen molar-refractivity contribution < 1.29 is 9.84 Å². The van der Waals surface area contributed by atoms with E-state index in [2.05, 4.69) is 27.8 Å². The molecule has 18 heavy (non-hydrogen) atoms. The zero-order valence-corrected chi connectivity index (χ0v) is 11.1. The van der Waals surface area contributed by atoms with Crippen molar-refractivity contribution in [1.82, 2.24) is 0 Å². The van der Waals surface area contributed by atoms with Gasteiger partial charge in [-0.05, 0) is 42.5 Å². The zero-order valence-electron chi connectivity index (χ0n) is 9.56. The summed E-state index contributed by atoms with van der Waals surface area (Å²) in [5, 5.41) is 8.65. The lowest BCUT2D eigenvalue weighted by molar-refractivity contribution is 0.350. The monoisotopic (exact) mass is 302 g/mol. The maximum atomic E-state index is 8.65. The number of hydrogen-bond donors (Lipinski definition) is 1.